The first kappa shape index (κ1) is 38.5. The molecule has 314 valence electrons. The number of rotatable bonds is 8. The number of fused-ring (bicyclic) bond motifs is 7. The molecule has 0 aliphatic carbocycles. The Balaban J connectivity index is 1.05. The zero-order valence-corrected chi connectivity index (χ0v) is 36.7. The van der Waals surface area contributed by atoms with Crippen LogP contribution in [0.4, 0.5) is 17.1 Å². The van der Waals surface area contributed by atoms with Gasteiger partial charge >= 0.3 is 0 Å². The van der Waals surface area contributed by atoms with Crippen molar-refractivity contribution in [2.24, 2.45) is 0 Å². The average Bonchev–Trinajstić information content (AvgIpc) is 3.91. The molecule has 0 spiro atoms. The van der Waals surface area contributed by atoms with Crippen LogP contribution in [-0.2, 0) is 0 Å². The summed E-state index contributed by atoms with van der Waals surface area (Å²) in [7, 11) is 0. The zero-order valence-electron chi connectivity index (χ0n) is 36.7. The van der Waals surface area contributed by atoms with Gasteiger partial charge in [0.15, 0.2) is 0 Å². The van der Waals surface area contributed by atoms with E-state index in [4.69, 9.17) is 0 Å². The third kappa shape index (κ3) is 6.51. The van der Waals surface area contributed by atoms with E-state index in [1.807, 2.05) is 0 Å². The van der Waals surface area contributed by atoms with Gasteiger partial charge in [0.1, 0.15) is 0 Å². The second-order valence-electron chi connectivity index (χ2n) is 17.3. The fraction of sp³-hybridized carbons (Fsp3) is 0. The SMILES string of the molecule is c1ccc(-c2ccc3c(c2)c2ccc(N(c4cccc(-c5cccc6cccc(-c7ccccc7)c56)c4)c4cccc(-n5c6ccccc6c6ccccc65)c4)cc2n3-c2ccccc2)cc1. The van der Waals surface area contributed by atoms with Crippen molar-refractivity contribution < 1.29 is 0 Å². The van der Waals surface area contributed by atoms with Crippen LogP contribution >= 0.6 is 0 Å². The summed E-state index contributed by atoms with van der Waals surface area (Å²) in [6.07, 6.45) is 0. The molecule has 0 bridgehead atoms. The normalized spacial score (nSPS) is 11.6. The molecule has 2 heterocycles. The van der Waals surface area contributed by atoms with Crippen molar-refractivity contribution in [3.63, 3.8) is 0 Å². The van der Waals surface area contributed by atoms with Crippen molar-refractivity contribution in [2.45, 2.75) is 0 Å². The Kier molecular flexibility index (Phi) is 9.17. The van der Waals surface area contributed by atoms with Crippen LogP contribution in [0.3, 0.4) is 0 Å². The summed E-state index contributed by atoms with van der Waals surface area (Å²) in [5.74, 6) is 0. The van der Waals surface area contributed by atoms with Crippen molar-refractivity contribution in [2.75, 3.05) is 4.90 Å². The van der Waals surface area contributed by atoms with Crippen LogP contribution in [0.15, 0.2) is 261 Å². The maximum absolute atomic E-state index is 2.44. The van der Waals surface area contributed by atoms with E-state index in [0.717, 1.165) is 39.5 Å². The third-order valence-corrected chi connectivity index (χ3v) is 13.5. The number of benzene rings is 11. The van der Waals surface area contributed by atoms with Gasteiger partial charge in [0.05, 0.1) is 22.1 Å². The van der Waals surface area contributed by atoms with Crippen LogP contribution in [-0.4, -0.2) is 9.13 Å². The van der Waals surface area contributed by atoms with E-state index in [0.29, 0.717) is 0 Å². The van der Waals surface area contributed by atoms with Crippen molar-refractivity contribution in [1.82, 2.24) is 9.13 Å². The van der Waals surface area contributed by atoms with E-state index in [2.05, 4.69) is 275 Å². The maximum atomic E-state index is 2.44. The molecule has 3 nitrogen and oxygen atoms in total. The lowest BCUT2D eigenvalue weighted by Crippen LogP contribution is -2.11. The minimum absolute atomic E-state index is 1.06. The largest absolute Gasteiger partial charge is 0.310 e. The fourth-order valence-corrected chi connectivity index (χ4v) is 10.5. The van der Waals surface area contributed by atoms with Gasteiger partial charge in [0, 0.05) is 50.0 Å². The maximum Gasteiger partial charge on any atom is 0.0561 e. The highest BCUT2D eigenvalue weighted by molar-refractivity contribution is 6.12. The first-order valence-corrected chi connectivity index (χ1v) is 23.0. The summed E-state index contributed by atoms with van der Waals surface area (Å²) in [6.45, 7) is 0. The van der Waals surface area contributed by atoms with Gasteiger partial charge in [-0.15, -0.1) is 0 Å². The van der Waals surface area contributed by atoms with Gasteiger partial charge in [0.25, 0.3) is 0 Å². The molecule has 3 heteroatoms. The highest BCUT2D eigenvalue weighted by Gasteiger charge is 2.21. The Labute approximate surface area is 389 Å². The molecule has 13 rings (SSSR count). The van der Waals surface area contributed by atoms with Gasteiger partial charge in [-0.05, 0) is 123 Å². The highest BCUT2D eigenvalue weighted by atomic mass is 15.1. The summed E-state index contributed by atoms with van der Waals surface area (Å²) in [5.41, 5.74) is 17.3. The zero-order chi connectivity index (χ0) is 44.3. The lowest BCUT2D eigenvalue weighted by atomic mass is 9.91. The lowest BCUT2D eigenvalue weighted by molar-refractivity contribution is 1.16. The van der Waals surface area contributed by atoms with E-state index < -0.39 is 0 Å². The molecule has 67 heavy (non-hydrogen) atoms. The quantitative estimate of drug-likeness (QED) is 0.148. The van der Waals surface area contributed by atoms with Crippen molar-refractivity contribution in [3.8, 4) is 44.8 Å². The van der Waals surface area contributed by atoms with Crippen LogP contribution in [0.1, 0.15) is 0 Å². The molecule has 0 aliphatic heterocycles. The molecule has 11 aromatic carbocycles. The van der Waals surface area contributed by atoms with Crippen molar-refractivity contribution >= 4 is 71.4 Å². The number of para-hydroxylation sites is 3. The minimum Gasteiger partial charge on any atom is -0.310 e. The summed E-state index contributed by atoms with van der Waals surface area (Å²) < 4.78 is 4.83. The van der Waals surface area contributed by atoms with Gasteiger partial charge < -0.3 is 14.0 Å². The predicted octanol–water partition coefficient (Wildman–Crippen LogP) is 17.5. The Morgan fingerprint density at radius 1 is 0.254 bits per heavy atom. The third-order valence-electron chi connectivity index (χ3n) is 13.5. The molecular formula is C64H43N3. The summed E-state index contributed by atoms with van der Waals surface area (Å²) >= 11 is 0. The van der Waals surface area contributed by atoms with Crippen LogP contribution in [0.5, 0.6) is 0 Å². The van der Waals surface area contributed by atoms with Gasteiger partial charge in [0.2, 0.25) is 0 Å². The fourth-order valence-electron chi connectivity index (χ4n) is 10.5. The first-order valence-electron chi connectivity index (χ1n) is 23.0. The summed E-state index contributed by atoms with van der Waals surface area (Å²) in [5, 5.41) is 7.38. The molecule has 2 aromatic heterocycles. The van der Waals surface area contributed by atoms with Crippen LogP contribution < -0.4 is 4.90 Å². The van der Waals surface area contributed by atoms with Crippen LogP contribution in [0.2, 0.25) is 0 Å². The molecule has 0 atom stereocenters. The molecule has 0 fully saturated rings. The Bertz CT molecular complexity index is 3920. The van der Waals surface area contributed by atoms with Gasteiger partial charge in [-0.1, -0.05) is 182 Å². The topological polar surface area (TPSA) is 13.1 Å². The molecule has 0 radical (unpaired) electrons. The second kappa shape index (κ2) is 16.0. The van der Waals surface area contributed by atoms with E-state index in [9.17, 15) is 0 Å². The van der Waals surface area contributed by atoms with Gasteiger partial charge in [-0.25, -0.2) is 0 Å². The first-order chi connectivity index (χ1) is 33.2. The van der Waals surface area contributed by atoms with E-state index in [1.54, 1.807) is 0 Å². The molecular weight excluding hydrogens is 811 g/mol. The number of nitrogens with zero attached hydrogens (tertiary/aromatic N) is 3. The Hall–Kier alpha value is -8.92. The van der Waals surface area contributed by atoms with Crippen LogP contribution in [0, 0.1) is 0 Å². The second-order valence-corrected chi connectivity index (χ2v) is 17.3. The summed E-state index contributed by atoms with van der Waals surface area (Å²) in [4.78, 5) is 2.44. The average molecular weight is 854 g/mol. The van der Waals surface area contributed by atoms with E-state index in [-0.39, 0.29) is 0 Å². The summed E-state index contributed by atoms with van der Waals surface area (Å²) in [6, 6.07) is 95.1. The standard InChI is InChI=1S/C64H43N3/c1-4-18-44(19-5-1)47-36-39-62-59(41-47)58-38-37-53(43-63(58)66(62)49-25-8-3-9-26-49)65(51-28-17-29-52(42-51)67-60-34-12-10-30-56(60)57-31-11-13-35-61(57)67)50-27-14-24-48(40-50)55-33-16-23-46-22-15-32-54(64(46)55)45-20-6-2-7-21-45/h1-43H. The molecule has 0 amide bonds. The Morgan fingerprint density at radius 3 is 1.48 bits per heavy atom. The smallest absolute Gasteiger partial charge is 0.0561 e. The molecule has 0 N–H and O–H groups in total. The molecule has 0 unspecified atom stereocenters. The molecule has 0 aliphatic rings. The molecule has 0 saturated heterocycles. The highest BCUT2D eigenvalue weighted by Crippen LogP contribution is 2.44. The van der Waals surface area contributed by atoms with E-state index in [1.165, 1.54) is 76.7 Å². The number of hydrogen-bond donors (Lipinski definition) is 0. The lowest BCUT2D eigenvalue weighted by Gasteiger charge is -2.27. The van der Waals surface area contributed by atoms with Crippen molar-refractivity contribution in [3.05, 3.63) is 261 Å². The van der Waals surface area contributed by atoms with Gasteiger partial charge in [-0.2, -0.15) is 0 Å². The van der Waals surface area contributed by atoms with Crippen molar-refractivity contribution in [1.29, 1.82) is 0 Å². The Morgan fingerprint density at radius 2 is 0.761 bits per heavy atom. The van der Waals surface area contributed by atoms with E-state index >= 15 is 0 Å². The monoisotopic (exact) mass is 853 g/mol. The number of aromatic nitrogens is 2. The molecule has 13 aromatic rings. The van der Waals surface area contributed by atoms with Crippen LogP contribution in [0.25, 0.3) is 99.1 Å². The predicted molar refractivity (Wildman–Crippen MR) is 284 cm³/mol. The number of anilines is 3. The minimum atomic E-state index is 1.06. The number of hydrogen-bond acceptors (Lipinski definition) is 1. The van der Waals surface area contributed by atoms with Gasteiger partial charge in [-0.3, -0.25) is 0 Å². The molecule has 0 saturated carbocycles.